The van der Waals surface area contributed by atoms with E-state index in [0.717, 1.165) is 0 Å². The van der Waals surface area contributed by atoms with Gasteiger partial charge in [-0.15, -0.1) is 0 Å². The van der Waals surface area contributed by atoms with Crippen LogP contribution in [0.4, 0.5) is 0 Å². The predicted octanol–water partition coefficient (Wildman–Crippen LogP) is -0.157. The molecule has 0 aromatic heterocycles. The fourth-order valence-electron chi connectivity index (χ4n) is 2.06. The smallest absolute Gasteiger partial charge is 0.310 e. The molecule has 18 heavy (non-hydrogen) atoms. The van der Waals surface area contributed by atoms with Gasteiger partial charge >= 0.3 is 5.97 Å². The number of likely N-dealkylation sites (N-methyl/N-ethyl adjacent to an activating group) is 1. The van der Waals surface area contributed by atoms with E-state index < -0.39 is 21.7 Å². The molecule has 0 aromatic rings. The summed E-state index contributed by atoms with van der Waals surface area (Å²) in [5.41, 5.74) is 0. The van der Waals surface area contributed by atoms with Crippen molar-refractivity contribution in [2.75, 3.05) is 38.3 Å². The van der Waals surface area contributed by atoms with E-state index in [0.29, 0.717) is 19.6 Å². The van der Waals surface area contributed by atoms with E-state index in [-0.39, 0.29) is 24.2 Å². The van der Waals surface area contributed by atoms with Crippen molar-refractivity contribution in [2.45, 2.75) is 19.4 Å². The third kappa shape index (κ3) is 4.22. The van der Waals surface area contributed by atoms with Gasteiger partial charge in [-0.05, 0) is 20.0 Å². The van der Waals surface area contributed by atoms with E-state index >= 15 is 0 Å². The summed E-state index contributed by atoms with van der Waals surface area (Å²) in [5, 5.41) is 9.02. The third-order valence-electron chi connectivity index (χ3n) is 3.34. The molecule has 1 rings (SSSR count). The van der Waals surface area contributed by atoms with E-state index in [4.69, 9.17) is 9.84 Å². The Morgan fingerprint density at radius 3 is 2.67 bits per heavy atom. The van der Waals surface area contributed by atoms with Crippen molar-refractivity contribution in [3.63, 3.8) is 0 Å². The summed E-state index contributed by atoms with van der Waals surface area (Å²) >= 11 is 0. The maximum absolute atomic E-state index is 11.3. The van der Waals surface area contributed by atoms with Crippen molar-refractivity contribution < 1.29 is 23.1 Å². The number of sulfone groups is 1. The van der Waals surface area contributed by atoms with Crippen LogP contribution in [0.2, 0.25) is 0 Å². The monoisotopic (exact) mass is 279 g/mol. The van der Waals surface area contributed by atoms with E-state index in [1.165, 1.54) is 0 Å². The molecule has 1 fully saturated rings. The zero-order valence-electron chi connectivity index (χ0n) is 10.8. The van der Waals surface area contributed by atoms with Gasteiger partial charge in [-0.2, -0.15) is 0 Å². The van der Waals surface area contributed by atoms with Crippen molar-refractivity contribution in [3.05, 3.63) is 0 Å². The molecule has 2 unspecified atom stereocenters. The van der Waals surface area contributed by atoms with Gasteiger partial charge < -0.3 is 14.7 Å². The highest BCUT2D eigenvalue weighted by Crippen LogP contribution is 2.19. The molecule has 1 saturated heterocycles. The number of ether oxygens (including phenoxy) is 1. The standard InChI is InChI=1S/C11H21NO5S/c1-3-18(15,16)6-4-5-12(2)10-8-17-7-9(10)11(13)14/h9-10H,3-8H2,1-2H3,(H,13,14). The molecular formula is C11H21NO5S. The molecular weight excluding hydrogens is 258 g/mol. The van der Waals surface area contributed by atoms with Crippen LogP contribution in [0, 0.1) is 5.92 Å². The van der Waals surface area contributed by atoms with Crippen LogP contribution in [0.25, 0.3) is 0 Å². The quantitative estimate of drug-likeness (QED) is 0.697. The van der Waals surface area contributed by atoms with Crippen LogP contribution in [0.3, 0.4) is 0 Å². The molecule has 1 aliphatic rings. The van der Waals surface area contributed by atoms with Crippen LogP contribution in [0.1, 0.15) is 13.3 Å². The van der Waals surface area contributed by atoms with Crippen LogP contribution in [-0.2, 0) is 19.4 Å². The first-order valence-electron chi connectivity index (χ1n) is 6.08. The zero-order valence-corrected chi connectivity index (χ0v) is 11.6. The average molecular weight is 279 g/mol. The summed E-state index contributed by atoms with van der Waals surface area (Å²) in [6.07, 6.45) is 0.523. The largest absolute Gasteiger partial charge is 0.481 e. The minimum Gasteiger partial charge on any atom is -0.481 e. The molecule has 2 atom stereocenters. The highest BCUT2D eigenvalue weighted by Gasteiger charge is 2.36. The zero-order chi connectivity index (χ0) is 13.8. The molecule has 1 N–H and O–H groups in total. The Hall–Kier alpha value is -0.660. The second-order valence-electron chi connectivity index (χ2n) is 4.62. The van der Waals surface area contributed by atoms with Crippen molar-refractivity contribution in [1.29, 1.82) is 0 Å². The van der Waals surface area contributed by atoms with Gasteiger partial charge in [-0.3, -0.25) is 4.79 Å². The normalized spacial score (nSPS) is 24.6. The molecule has 0 radical (unpaired) electrons. The summed E-state index contributed by atoms with van der Waals surface area (Å²) in [4.78, 5) is 12.9. The second kappa shape index (κ2) is 6.49. The van der Waals surface area contributed by atoms with Gasteiger partial charge in [0.25, 0.3) is 0 Å². The third-order valence-corrected chi connectivity index (χ3v) is 5.13. The Labute approximate surface area is 108 Å². The Kier molecular flexibility index (Phi) is 5.55. The van der Waals surface area contributed by atoms with Gasteiger partial charge in [0.1, 0.15) is 9.84 Å². The van der Waals surface area contributed by atoms with Gasteiger partial charge in [-0.25, -0.2) is 8.42 Å². The fraction of sp³-hybridized carbons (Fsp3) is 0.909. The van der Waals surface area contributed by atoms with Crippen LogP contribution < -0.4 is 0 Å². The average Bonchev–Trinajstić information content (AvgIpc) is 2.77. The highest BCUT2D eigenvalue weighted by molar-refractivity contribution is 7.91. The summed E-state index contributed by atoms with van der Waals surface area (Å²) in [5.74, 6) is -1.07. The number of hydrogen-bond acceptors (Lipinski definition) is 5. The van der Waals surface area contributed by atoms with Crippen molar-refractivity contribution in [2.24, 2.45) is 5.92 Å². The van der Waals surface area contributed by atoms with Crippen molar-refractivity contribution in [1.82, 2.24) is 4.90 Å². The van der Waals surface area contributed by atoms with Crippen LogP contribution in [0.5, 0.6) is 0 Å². The number of carbonyl (C=O) groups is 1. The molecule has 0 aliphatic carbocycles. The molecule has 0 saturated carbocycles. The number of carboxylic acid groups (broad SMARTS) is 1. The van der Waals surface area contributed by atoms with Gasteiger partial charge in [0.05, 0.1) is 24.9 Å². The molecule has 1 heterocycles. The Morgan fingerprint density at radius 2 is 2.11 bits per heavy atom. The minimum absolute atomic E-state index is 0.152. The number of nitrogens with zero attached hydrogens (tertiary/aromatic N) is 1. The first-order chi connectivity index (χ1) is 8.37. The minimum atomic E-state index is -2.94. The van der Waals surface area contributed by atoms with E-state index in [2.05, 4.69) is 0 Å². The maximum Gasteiger partial charge on any atom is 0.310 e. The van der Waals surface area contributed by atoms with Crippen LogP contribution in [0.15, 0.2) is 0 Å². The lowest BCUT2D eigenvalue weighted by Crippen LogP contribution is -2.41. The summed E-state index contributed by atoms with van der Waals surface area (Å²) in [7, 11) is -1.13. The maximum atomic E-state index is 11.3. The molecule has 1 aliphatic heterocycles. The summed E-state index contributed by atoms with van der Waals surface area (Å²) in [6, 6.07) is -0.160. The summed E-state index contributed by atoms with van der Waals surface area (Å²) < 4.78 is 27.9. The van der Waals surface area contributed by atoms with Crippen LogP contribution >= 0.6 is 0 Å². The van der Waals surface area contributed by atoms with E-state index in [9.17, 15) is 13.2 Å². The van der Waals surface area contributed by atoms with Gasteiger partial charge in [0.2, 0.25) is 0 Å². The van der Waals surface area contributed by atoms with Gasteiger partial charge in [-0.1, -0.05) is 6.92 Å². The fourth-order valence-corrected chi connectivity index (χ4v) is 2.91. The number of aliphatic carboxylic acids is 1. The Morgan fingerprint density at radius 1 is 1.44 bits per heavy atom. The lowest BCUT2D eigenvalue weighted by molar-refractivity contribution is -0.143. The number of carboxylic acids is 1. The molecule has 0 bridgehead atoms. The van der Waals surface area contributed by atoms with Crippen LogP contribution in [-0.4, -0.2) is 68.7 Å². The number of hydrogen-bond donors (Lipinski definition) is 1. The molecule has 106 valence electrons. The SMILES string of the molecule is CCS(=O)(=O)CCCN(C)C1COCC1C(=O)O. The van der Waals surface area contributed by atoms with E-state index in [1.807, 2.05) is 11.9 Å². The van der Waals surface area contributed by atoms with Gasteiger partial charge in [0, 0.05) is 11.8 Å². The molecule has 7 heteroatoms. The Balaban J connectivity index is 2.41. The van der Waals surface area contributed by atoms with E-state index in [1.54, 1.807) is 6.92 Å². The highest BCUT2D eigenvalue weighted by atomic mass is 32.2. The van der Waals surface area contributed by atoms with Crippen molar-refractivity contribution in [3.8, 4) is 0 Å². The molecule has 6 nitrogen and oxygen atoms in total. The summed E-state index contributed by atoms with van der Waals surface area (Å²) in [6.45, 7) is 2.83. The predicted molar refractivity (Wildman–Crippen MR) is 67.3 cm³/mol. The lowest BCUT2D eigenvalue weighted by Gasteiger charge is -2.25. The molecule has 0 spiro atoms. The Bertz CT molecular complexity index is 381. The molecule has 0 aromatic carbocycles. The number of rotatable bonds is 7. The second-order valence-corrected chi connectivity index (χ2v) is 7.09. The first kappa shape index (κ1) is 15.4. The lowest BCUT2D eigenvalue weighted by atomic mass is 10.0. The van der Waals surface area contributed by atoms with Crippen molar-refractivity contribution >= 4 is 15.8 Å². The first-order valence-corrected chi connectivity index (χ1v) is 7.90. The molecule has 0 amide bonds. The topological polar surface area (TPSA) is 83.9 Å². The van der Waals surface area contributed by atoms with Gasteiger partial charge in [0.15, 0.2) is 0 Å².